The van der Waals surface area contributed by atoms with E-state index in [1.54, 1.807) is 0 Å². The molecule has 0 atom stereocenters. The fourth-order valence-electron chi connectivity index (χ4n) is 3.52. The van der Waals surface area contributed by atoms with Gasteiger partial charge in [-0.05, 0) is 59.0 Å². The van der Waals surface area contributed by atoms with Gasteiger partial charge >= 0.3 is 0 Å². The van der Waals surface area contributed by atoms with E-state index in [4.69, 9.17) is 0 Å². The standard InChI is InChI=1S/C23H43N5/c1-22(2,3)21-10-9-20(19-24-21)27(7)14-11-23(4,5)25-12-8-13-28-17-15-26(6)16-18-28/h9-10,19,25H,8,11-18H2,1-7H3. The maximum Gasteiger partial charge on any atom is 0.0550 e. The minimum absolute atomic E-state index is 0.104. The molecule has 1 saturated heterocycles. The van der Waals surface area contributed by atoms with Gasteiger partial charge in [-0.25, -0.2) is 0 Å². The van der Waals surface area contributed by atoms with Crippen molar-refractivity contribution in [2.45, 2.75) is 58.4 Å². The second-order valence-corrected chi connectivity index (χ2v) is 10.1. The second-order valence-electron chi connectivity index (χ2n) is 10.1. The van der Waals surface area contributed by atoms with Crippen LogP contribution in [0.5, 0.6) is 0 Å². The maximum absolute atomic E-state index is 4.66. The molecule has 1 aliphatic heterocycles. The molecule has 1 aliphatic rings. The smallest absolute Gasteiger partial charge is 0.0550 e. The number of anilines is 1. The fraction of sp³-hybridized carbons (Fsp3) is 0.783. The van der Waals surface area contributed by atoms with Crippen molar-refractivity contribution in [1.82, 2.24) is 20.1 Å². The highest BCUT2D eigenvalue weighted by Crippen LogP contribution is 2.22. The summed E-state index contributed by atoms with van der Waals surface area (Å²) in [6, 6.07) is 4.36. The average Bonchev–Trinajstić information content (AvgIpc) is 2.64. The van der Waals surface area contributed by atoms with Gasteiger partial charge in [-0.1, -0.05) is 20.8 Å². The second kappa shape index (κ2) is 10.0. The van der Waals surface area contributed by atoms with Crippen molar-refractivity contribution in [3.63, 3.8) is 0 Å². The van der Waals surface area contributed by atoms with Gasteiger partial charge in [0.1, 0.15) is 0 Å². The quantitative estimate of drug-likeness (QED) is 0.656. The molecule has 0 spiro atoms. The van der Waals surface area contributed by atoms with Gasteiger partial charge in [0.2, 0.25) is 0 Å². The van der Waals surface area contributed by atoms with E-state index >= 15 is 0 Å². The van der Waals surface area contributed by atoms with Gasteiger partial charge in [-0.3, -0.25) is 4.98 Å². The third-order valence-electron chi connectivity index (χ3n) is 5.88. The topological polar surface area (TPSA) is 34.6 Å². The maximum atomic E-state index is 4.66. The van der Waals surface area contributed by atoms with Crippen LogP contribution in [0.2, 0.25) is 0 Å². The van der Waals surface area contributed by atoms with Crippen LogP contribution in [0.15, 0.2) is 18.3 Å². The molecule has 28 heavy (non-hydrogen) atoms. The zero-order chi connectivity index (χ0) is 20.8. The molecule has 1 fully saturated rings. The summed E-state index contributed by atoms with van der Waals surface area (Å²) in [5.74, 6) is 0. The highest BCUT2D eigenvalue weighted by molar-refractivity contribution is 5.44. The fourth-order valence-corrected chi connectivity index (χ4v) is 3.52. The Labute approximate surface area is 173 Å². The van der Waals surface area contributed by atoms with Crippen LogP contribution in [0.25, 0.3) is 0 Å². The number of pyridine rings is 1. The molecule has 0 saturated carbocycles. The molecule has 1 aromatic rings. The number of likely N-dealkylation sites (N-methyl/N-ethyl adjacent to an activating group) is 1. The van der Waals surface area contributed by atoms with E-state index in [9.17, 15) is 0 Å². The lowest BCUT2D eigenvalue weighted by Crippen LogP contribution is -2.46. The molecule has 5 heteroatoms. The van der Waals surface area contributed by atoms with Gasteiger partial charge < -0.3 is 20.0 Å². The van der Waals surface area contributed by atoms with E-state index in [0.717, 1.165) is 25.2 Å². The van der Waals surface area contributed by atoms with Crippen molar-refractivity contribution in [2.75, 3.05) is 64.8 Å². The summed E-state index contributed by atoms with van der Waals surface area (Å²) >= 11 is 0. The third-order valence-corrected chi connectivity index (χ3v) is 5.88. The Hall–Kier alpha value is -1.17. The highest BCUT2D eigenvalue weighted by atomic mass is 15.2. The van der Waals surface area contributed by atoms with Crippen molar-refractivity contribution >= 4 is 5.69 Å². The number of rotatable bonds is 9. The summed E-state index contributed by atoms with van der Waals surface area (Å²) in [5.41, 5.74) is 2.59. The molecular formula is C23H43N5. The number of piperazine rings is 1. The molecular weight excluding hydrogens is 346 g/mol. The van der Waals surface area contributed by atoms with Gasteiger partial charge in [0, 0.05) is 56.4 Å². The molecule has 2 rings (SSSR count). The lowest BCUT2D eigenvalue weighted by molar-refractivity contribution is 0.151. The first kappa shape index (κ1) is 23.1. The van der Waals surface area contributed by atoms with Crippen LogP contribution >= 0.6 is 0 Å². The van der Waals surface area contributed by atoms with Gasteiger partial charge in [0.25, 0.3) is 0 Å². The highest BCUT2D eigenvalue weighted by Gasteiger charge is 2.19. The van der Waals surface area contributed by atoms with Crippen LogP contribution in [-0.2, 0) is 5.41 Å². The first-order valence-corrected chi connectivity index (χ1v) is 10.9. The summed E-state index contributed by atoms with van der Waals surface area (Å²) in [7, 11) is 4.38. The monoisotopic (exact) mass is 389 g/mol. The van der Waals surface area contributed by atoms with Crippen molar-refractivity contribution in [1.29, 1.82) is 0 Å². The first-order chi connectivity index (χ1) is 13.1. The zero-order valence-corrected chi connectivity index (χ0v) is 19.4. The molecule has 0 bridgehead atoms. The van der Waals surface area contributed by atoms with E-state index in [-0.39, 0.29) is 11.0 Å². The van der Waals surface area contributed by atoms with E-state index in [0.29, 0.717) is 0 Å². The minimum atomic E-state index is 0.104. The molecule has 1 N–H and O–H groups in total. The van der Waals surface area contributed by atoms with Crippen molar-refractivity contribution < 1.29 is 0 Å². The molecule has 1 aromatic heterocycles. The summed E-state index contributed by atoms with van der Waals surface area (Å²) in [6.45, 7) is 19.4. The Morgan fingerprint density at radius 1 is 1.07 bits per heavy atom. The summed E-state index contributed by atoms with van der Waals surface area (Å²) in [5, 5.41) is 3.76. The molecule has 0 radical (unpaired) electrons. The molecule has 0 aromatic carbocycles. The lowest BCUT2D eigenvalue weighted by atomic mass is 9.92. The molecule has 0 unspecified atom stereocenters. The number of hydrogen-bond donors (Lipinski definition) is 1. The van der Waals surface area contributed by atoms with E-state index in [1.165, 1.54) is 44.8 Å². The van der Waals surface area contributed by atoms with Crippen LogP contribution in [0, 0.1) is 0 Å². The predicted octanol–water partition coefficient (Wildman–Crippen LogP) is 3.21. The number of nitrogens with zero attached hydrogens (tertiary/aromatic N) is 4. The van der Waals surface area contributed by atoms with Crippen molar-refractivity contribution in [3.05, 3.63) is 24.0 Å². The number of hydrogen-bond acceptors (Lipinski definition) is 5. The van der Waals surface area contributed by atoms with Crippen LogP contribution in [0.3, 0.4) is 0 Å². The van der Waals surface area contributed by atoms with Crippen molar-refractivity contribution in [3.8, 4) is 0 Å². The normalized spacial score (nSPS) is 17.1. The Morgan fingerprint density at radius 3 is 2.32 bits per heavy atom. The third kappa shape index (κ3) is 7.69. The van der Waals surface area contributed by atoms with Gasteiger partial charge in [-0.2, -0.15) is 0 Å². The van der Waals surface area contributed by atoms with Crippen LogP contribution in [0.1, 0.15) is 53.2 Å². The molecule has 2 heterocycles. The van der Waals surface area contributed by atoms with E-state index in [1.807, 2.05) is 6.20 Å². The SMILES string of the molecule is CN1CCN(CCCNC(C)(C)CCN(C)c2ccc(C(C)(C)C)nc2)CC1. The van der Waals surface area contributed by atoms with Crippen LogP contribution < -0.4 is 10.2 Å². The summed E-state index contributed by atoms with van der Waals surface area (Å²) in [4.78, 5) is 12.0. The van der Waals surface area contributed by atoms with Gasteiger partial charge in [0.05, 0.1) is 11.9 Å². The molecule has 160 valence electrons. The summed E-state index contributed by atoms with van der Waals surface area (Å²) in [6.07, 6.45) is 4.34. The van der Waals surface area contributed by atoms with E-state index < -0.39 is 0 Å². The van der Waals surface area contributed by atoms with Gasteiger partial charge in [0.15, 0.2) is 0 Å². The Kier molecular flexibility index (Phi) is 8.29. The predicted molar refractivity (Wildman–Crippen MR) is 121 cm³/mol. The van der Waals surface area contributed by atoms with E-state index in [2.05, 4.69) is 85.8 Å². The molecule has 0 amide bonds. The number of nitrogens with one attached hydrogen (secondary N) is 1. The van der Waals surface area contributed by atoms with Crippen molar-refractivity contribution in [2.24, 2.45) is 0 Å². The first-order valence-electron chi connectivity index (χ1n) is 10.9. The van der Waals surface area contributed by atoms with Crippen LogP contribution in [0.4, 0.5) is 5.69 Å². The largest absolute Gasteiger partial charge is 0.373 e. The molecule has 5 nitrogen and oxygen atoms in total. The summed E-state index contributed by atoms with van der Waals surface area (Å²) < 4.78 is 0. The zero-order valence-electron chi connectivity index (χ0n) is 19.4. The Morgan fingerprint density at radius 2 is 1.75 bits per heavy atom. The molecule has 0 aliphatic carbocycles. The van der Waals surface area contributed by atoms with Crippen LogP contribution in [-0.4, -0.2) is 80.2 Å². The van der Waals surface area contributed by atoms with Gasteiger partial charge in [-0.15, -0.1) is 0 Å². The average molecular weight is 390 g/mol. The Balaban J connectivity index is 1.68. The number of aromatic nitrogens is 1. The Bertz CT molecular complexity index is 568. The lowest BCUT2D eigenvalue weighted by Gasteiger charge is -2.33. The minimum Gasteiger partial charge on any atom is -0.373 e.